The molecule has 3 heteroatoms. The second-order valence-electron chi connectivity index (χ2n) is 4.45. The van der Waals surface area contributed by atoms with Crippen molar-refractivity contribution in [2.75, 3.05) is 40.8 Å². The number of nitrogens with two attached hydrogens (primary N) is 1. The zero-order valence-corrected chi connectivity index (χ0v) is 10.6. The van der Waals surface area contributed by atoms with Crippen molar-refractivity contribution in [2.45, 2.75) is 6.04 Å². The molecule has 0 saturated carbocycles. The first-order valence-corrected chi connectivity index (χ1v) is 5.75. The molecular formula is C13H23N3. The minimum absolute atomic E-state index is 0.321. The van der Waals surface area contributed by atoms with Gasteiger partial charge in [-0.15, -0.1) is 0 Å². The highest BCUT2D eigenvalue weighted by molar-refractivity contribution is 5.19. The predicted octanol–water partition coefficient (Wildman–Crippen LogP) is 1.18. The van der Waals surface area contributed by atoms with Crippen LogP contribution in [0.5, 0.6) is 0 Å². The molecule has 1 unspecified atom stereocenters. The van der Waals surface area contributed by atoms with Crippen LogP contribution in [-0.2, 0) is 0 Å². The fourth-order valence-electron chi connectivity index (χ4n) is 1.76. The summed E-state index contributed by atoms with van der Waals surface area (Å²) in [6, 6.07) is 10.8. The van der Waals surface area contributed by atoms with Crippen LogP contribution < -0.4 is 5.73 Å². The summed E-state index contributed by atoms with van der Waals surface area (Å²) in [6.45, 7) is 2.75. The molecule has 0 aliphatic heterocycles. The number of hydrogen-bond acceptors (Lipinski definition) is 3. The van der Waals surface area contributed by atoms with Gasteiger partial charge in [-0.2, -0.15) is 0 Å². The third-order valence-electron chi connectivity index (χ3n) is 2.84. The fraction of sp³-hybridized carbons (Fsp3) is 0.538. The quantitative estimate of drug-likeness (QED) is 0.783. The van der Waals surface area contributed by atoms with E-state index < -0.39 is 0 Å². The Kier molecular flexibility index (Phi) is 5.46. The Balaban J connectivity index is 2.60. The smallest absolute Gasteiger partial charge is 0.0467 e. The van der Waals surface area contributed by atoms with Gasteiger partial charge in [0.25, 0.3) is 0 Å². The molecule has 1 atom stereocenters. The normalized spacial score (nSPS) is 13.4. The lowest BCUT2D eigenvalue weighted by Crippen LogP contribution is -2.35. The molecule has 0 aliphatic carbocycles. The Labute approximate surface area is 98.8 Å². The van der Waals surface area contributed by atoms with Crippen molar-refractivity contribution in [1.29, 1.82) is 0 Å². The van der Waals surface area contributed by atoms with Crippen LogP contribution in [-0.4, -0.2) is 50.6 Å². The molecule has 90 valence electrons. The molecule has 1 rings (SSSR count). The van der Waals surface area contributed by atoms with Crippen LogP contribution in [0.15, 0.2) is 30.3 Å². The monoisotopic (exact) mass is 221 g/mol. The van der Waals surface area contributed by atoms with Crippen LogP contribution in [0.1, 0.15) is 11.6 Å². The molecule has 0 aromatic heterocycles. The number of hydrogen-bond donors (Lipinski definition) is 1. The van der Waals surface area contributed by atoms with E-state index in [1.54, 1.807) is 0 Å². The molecule has 0 saturated heterocycles. The fourth-order valence-corrected chi connectivity index (χ4v) is 1.76. The largest absolute Gasteiger partial charge is 0.329 e. The van der Waals surface area contributed by atoms with E-state index in [2.05, 4.69) is 55.2 Å². The van der Waals surface area contributed by atoms with E-state index in [-0.39, 0.29) is 0 Å². The lowest BCUT2D eigenvalue weighted by atomic mass is 10.1. The van der Waals surface area contributed by atoms with Gasteiger partial charge in [-0.25, -0.2) is 0 Å². The number of nitrogens with zero attached hydrogens (tertiary/aromatic N) is 2. The highest BCUT2D eigenvalue weighted by atomic mass is 15.2. The number of likely N-dealkylation sites (N-methyl/N-ethyl adjacent to an activating group) is 2. The Morgan fingerprint density at radius 2 is 1.69 bits per heavy atom. The highest BCUT2D eigenvalue weighted by Gasteiger charge is 2.14. The van der Waals surface area contributed by atoms with Crippen molar-refractivity contribution in [3.05, 3.63) is 35.9 Å². The van der Waals surface area contributed by atoms with Crippen LogP contribution in [0.2, 0.25) is 0 Å². The maximum absolute atomic E-state index is 5.86. The summed E-state index contributed by atoms with van der Waals surface area (Å²) >= 11 is 0. The lowest BCUT2D eigenvalue weighted by molar-refractivity contribution is 0.223. The zero-order valence-electron chi connectivity index (χ0n) is 10.6. The topological polar surface area (TPSA) is 32.5 Å². The van der Waals surface area contributed by atoms with Gasteiger partial charge in [-0.3, -0.25) is 4.90 Å². The first kappa shape index (κ1) is 13.2. The number of rotatable bonds is 6. The van der Waals surface area contributed by atoms with E-state index in [4.69, 9.17) is 5.73 Å². The average molecular weight is 221 g/mol. The first-order chi connectivity index (χ1) is 7.65. The predicted molar refractivity (Wildman–Crippen MR) is 69.4 cm³/mol. The molecule has 0 spiro atoms. The molecule has 1 aromatic rings. The summed E-state index contributed by atoms with van der Waals surface area (Å²) in [7, 11) is 6.32. The molecule has 0 heterocycles. The Morgan fingerprint density at radius 3 is 2.19 bits per heavy atom. The molecule has 1 aromatic carbocycles. The van der Waals surface area contributed by atoms with Crippen molar-refractivity contribution >= 4 is 0 Å². The molecule has 0 radical (unpaired) electrons. The van der Waals surface area contributed by atoms with Gasteiger partial charge in [0.05, 0.1) is 0 Å². The van der Waals surface area contributed by atoms with E-state index in [9.17, 15) is 0 Å². The average Bonchev–Trinajstić information content (AvgIpc) is 2.29. The van der Waals surface area contributed by atoms with Gasteiger partial charge in [0.2, 0.25) is 0 Å². The summed E-state index contributed by atoms with van der Waals surface area (Å²) < 4.78 is 0. The maximum atomic E-state index is 5.86. The molecule has 0 amide bonds. The van der Waals surface area contributed by atoms with Crippen LogP contribution >= 0.6 is 0 Å². The SMILES string of the molecule is CN(C)CCN(C)C(CN)c1ccccc1. The van der Waals surface area contributed by atoms with E-state index in [1.807, 2.05) is 6.07 Å². The standard InChI is InChI=1S/C13H23N3/c1-15(2)9-10-16(3)13(11-14)12-7-5-4-6-8-12/h4-8,13H,9-11,14H2,1-3H3. The van der Waals surface area contributed by atoms with Gasteiger partial charge >= 0.3 is 0 Å². The third-order valence-corrected chi connectivity index (χ3v) is 2.84. The number of benzene rings is 1. The molecule has 3 nitrogen and oxygen atoms in total. The highest BCUT2D eigenvalue weighted by Crippen LogP contribution is 2.17. The first-order valence-electron chi connectivity index (χ1n) is 5.75. The van der Waals surface area contributed by atoms with Crippen molar-refractivity contribution in [1.82, 2.24) is 9.80 Å². The van der Waals surface area contributed by atoms with Gasteiger partial charge in [0, 0.05) is 25.7 Å². The van der Waals surface area contributed by atoms with Crippen LogP contribution in [0.3, 0.4) is 0 Å². The minimum Gasteiger partial charge on any atom is -0.329 e. The van der Waals surface area contributed by atoms with E-state index in [1.165, 1.54) is 5.56 Å². The van der Waals surface area contributed by atoms with E-state index in [0.717, 1.165) is 13.1 Å². The van der Waals surface area contributed by atoms with Gasteiger partial charge in [-0.05, 0) is 26.7 Å². The summed E-state index contributed by atoms with van der Waals surface area (Å²) in [6.07, 6.45) is 0. The Hall–Kier alpha value is -0.900. The van der Waals surface area contributed by atoms with Crippen molar-refractivity contribution in [3.8, 4) is 0 Å². The molecule has 0 fully saturated rings. The van der Waals surface area contributed by atoms with Crippen molar-refractivity contribution in [2.24, 2.45) is 5.73 Å². The Bertz CT molecular complexity index is 284. The van der Waals surface area contributed by atoms with E-state index >= 15 is 0 Å². The summed E-state index contributed by atoms with van der Waals surface area (Å²) in [5, 5.41) is 0. The van der Waals surface area contributed by atoms with Crippen LogP contribution in [0.4, 0.5) is 0 Å². The van der Waals surface area contributed by atoms with Crippen LogP contribution in [0.25, 0.3) is 0 Å². The zero-order chi connectivity index (χ0) is 12.0. The summed E-state index contributed by atoms with van der Waals surface area (Å²) in [5.41, 5.74) is 7.15. The van der Waals surface area contributed by atoms with Gasteiger partial charge < -0.3 is 10.6 Å². The lowest BCUT2D eigenvalue weighted by Gasteiger charge is -2.28. The molecule has 0 bridgehead atoms. The summed E-state index contributed by atoms with van der Waals surface area (Å²) in [5.74, 6) is 0. The van der Waals surface area contributed by atoms with E-state index in [0.29, 0.717) is 12.6 Å². The molecule has 16 heavy (non-hydrogen) atoms. The van der Waals surface area contributed by atoms with Gasteiger partial charge in [-0.1, -0.05) is 30.3 Å². The van der Waals surface area contributed by atoms with Gasteiger partial charge in [0.1, 0.15) is 0 Å². The second kappa shape index (κ2) is 6.63. The molecule has 0 aliphatic rings. The third kappa shape index (κ3) is 3.93. The van der Waals surface area contributed by atoms with Crippen molar-refractivity contribution < 1.29 is 0 Å². The summed E-state index contributed by atoms with van der Waals surface area (Å²) in [4.78, 5) is 4.50. The second-order valence-corrected chi connectivity index (χ2v) is 4.45. The molecule has 2 N–H and O–H groups in total. The van der Waals surface area contributed by atoms with Crippen LogP contribution in [0, 0.1) is 0 Å². The maximum Gasteiger partial charge on any atom is 0.0467 e. The van der Waals surface area contributed by atoms with Crippen molar-refractivity contribution in [3.63, 3.8) is 0 Å². The molecular weight excluding hydrogens is 198 g/mol. The minimum atomic E-state index is 0.321. The Morgan fingerprint density at radius 1 is 1.06 bits per heavy atom. The van der Waals surface area contributed by atoms with Gasteiger partial charge in [0.15, 0.2) is 0 Å².